The molecule has 17 heavy (non-hydrogen) atoms. The first-order valence-corrected chi connectivity index (χ1v) is 6.18. The van der Waals surface area contributed by atoms with Gasteiger partial charge >= 0.3 is 0 Å². The monoisotopic (exact) mass is 241 g/mol. The fraction of sp³-hybridized carbons (Fsp3) is 0.750. The average molecular weight is 241 g/mol. The molecule has 0 saturated carbocycles. The summed E-state index contributed by atoms with van der Waals surface area (Å²) >= 11 is 0. The van der Waals surface area contributed by atoms with Crippen LogP contribution in [0.1, 0.15) is 12.8 Å². The molecule has 0 aromatic carbocycles. The Labute approximate surface area is 103 Å². The number of nitrogens with two attached hydrogens (primary N) is 1. The van der Waals surface area contributed by atoms with Gasteiger partial charge in [0, 0.05) is 19.6 Å². The Morgan fingerprint density at radius 2 is 2.24 bits per heavy atom. The second-order valence-electron chi connectivity index (χ2n) is 4.23. The molecule has 98 valence electrons. The van der Waals surface area contributed by atoms with Crippen LogP contribution in [-0.4, -0.2) is 56.2 Å². The highest BCUT2D eigenvalue weighted by Gasteiger charge is 2.12. The Bertz CT molecular complexity index is 240. The molecule has 0 aliphatic carbocycles. The number of ether oxygens (including phenoxy) is 1. The lowest BCUT2D eigenvalue weighted by Crippen LogP contribution is -2.42. The summed E-state index contributed by atoms with van der Waals surface area (Å²) in [4.78, 5) is 13.8. The van der Waals surface area contributed by atoms with Crippen molar-refractivity contribution in [2.75, 3.05) is 39.4 Å². The minimum absolute atomic E-state index is 0.0909. The van der Waals surface area contributed by atoms with E-state index in [-0.39, 0.29) is 5.91 Å². The molecule has 0 radical (unpaired) electrons. The minimum atomic E-state index is -0.462. The van der Waals surface area contributed by atoms with E-state index in [4.69, 9.17) is 10.5 Å². The van der Waals surface area contributed by atoms with Gasteiger partial charge in [-0.2, -0.15) is 0 Å². The fourth-order valence-electron chi connectivity index (χ4n) is 1.76. The van der Waals surface area contributed by atoms with E-state index in [9.17, 15) is 4.79 Å². The largest absolute Gasteiger partial charge is 0.379 e. The zero-order valence-corrected chi connectivity index (χ0v) is 10.4. The predicted octanol–water partition coefficient (Wildman–Crippen LogP) is -0.272. The molecule has 0 aromatic rings. The van der Waals surface area contributed by atoms with Gasteiger partial charge in [0.25, 0.3) is 0 Å². The zero-order chi connectivity index (χ0) is 12.5. The lowest BCUT2D eigenvalue weighted by molar-refractivity contribution is -0.122. The summed E-state index contributed by atoms with van der Waals surface area (Å²) in [6.45, 7) is 8.86. The van der Waals surface area contributed by atoms with Crippen LogP contribution in [0.25, 0.3) is 0 Å². The van der Waals surface area contributed by atoms with E-state index in [1.165, 1.54) is 0 Å². The molecule has 1 heterocycles. The van der Waals surface area contributed by atoms with E-state index >= 15 is 0 Å². The normalized spacial score (nSPS) is 18.6. The van der Waals surface area contributed by atoms with Gasteiger partial charge in [-0.3, -0.25) is 9.69 Å². The van der Waals surface area contributed by atoms with Crippen LogP contribution in [0, 0.1) is 0 Å². The summed E-state index contributed by atoms with van der Waals surface area (Å²) in [6.07, 6.45) is 3.14. The molecule has 1 saturated heterocycles. The van der Waals surface area contributed by atoms with E-state index < -0.39 is 6.04 Å². The van der Waals surface area contributed by atoms with E-state index in [1.54, 1.807) is 6.08 Å². The smallest absolute Gasteiger partial charge is 0.237 e. The van der Waals surface area contributed by atoms with Crippen LogP contribution in [0.15, 0.2) is 12.7 Å². The molecule has 1 rings (SSSR count). The van der Waals surface area contributed by atoms with Crippen molar-refractivity contribution in [1.82, 2.24) is 10.2 Å². The first-order valence-electron chi connectivity index (χ1n) is 6.18. The third-order valence-electron chi connectivity index (χ3n) is 2.81. The molecule has 1 amide bonds. The predicted molar refractivity (Wildman–Crippen MR) is 67.7 cm³/mol. The molecular formula is C12H23N3O2. The molecule has 5 heteroatoms. The molecule has 1 aliphatic rings. The first kappa shape index (κ1) is 14.2. The topological polar surface area (TPSA) is 67.6 Å². The Hall–Kier alpha value is -0.910. The van der Waals surface area contributed by atoms with E-state index in [0.717, 1.165) is 39.3 Å². The van der Waals surface area contributed by atoms with Gasteiger partial charge in [-0.25, -0.2) is 0 Å². The molecule has 1 aliphatic heterocycles. The van der Waals surface area contributed by atoms with E-state index in [0.29, 0.717) is 13.0 Å². The van der Waals surface area contributed by atoms with Gasteiger partial charge in [0.05, 0.1) is 19.3 Å². The van der Waals surface area contributed by atoms with Gasteiger partial charge < -0.3 is 15.8 Å². The maximum Gasteiger partial charge on any atom is 0.237 e. The van der Waals surface area contributed by atoms with Crippen molar-refractivity contribution >= 4 is 5.91 Å². The van der Waals surface area contributed by atoms with Crippen LogP contribution in [0.4, 0.5) is 0 Å². The Balaban J connectivity index is 2.02. The number of carbonyl (C=O) groups excluding carboxylic acids is 1. The number of amides is 1. The SMILES string of the molecule is C=CCC(N)C(=O)NCCCN1CCOCC1. The Morgan fingerprint density at radius 3 is 2.88 bits per heavy atom. The summed E-state index contributed by atoms with van der Waals surface area (Å²) in [7, 11) is 0. The highest BCUT2D eigenvalue weighted by Crippen LogP contribution is 1.97. The van der Waals surface area contributed by atoms with Gasteiger partial charge in [-0.1, -0.05) is 6.08 Å². The molecular weight excluding hydrogens is 218 g/mol. The molecule has 1 fully saturated rings. The fourth-order valence-corrected chi connectivity index (χ4v) is 1.76. The second-order valence-corrected chi connectivity index (χ2v) is 4.23. The number of hydrogen-bond acceptors (Lipinski definition) is 4. The molecule has 0 spiro atoms. The van der Waals surface area contributed by atoms with Crippen molar-refractivity contribution in [3.05, 3.63) is 12.7 Å². The first-order chi connectivity index (χ1) is 8.24. The lowest BCUT2D eigenvalue weighted by Gasteiger charge is -2.26. The average Bonchev–Trinajstić information content (AvgIpc) is 2.36. The van der Waals surface area contributed by atoms with Crippen molar-refractivity contribution < 1.29 is 9.53 Å². The van der Waals surface area contributed by atoms with Crippen molar-refractivity contribution in [3.63, 3.8) is 0 Å². The minimum Gasteiger partial charge on any atom is -0.379 e. The van der Waals surface area contributed by atoms with Gasteiger partial charge in [0.1, 0.15) is 0 Å². The van der Waals surface area contributed by atoms with Crippen LogP contribution in [-0.2, 0) is 9.53 Å². The maximum absolute atomic E-state index is 11.5. The highest BCUT2D eigenvalue weighted by molar-refractivity contribution is 5.81. The van der Waals surface area contributed by atoms with Crippen molar-refractivity contribution in [1.29, 1.82) is 0 Å². The molecule has 1 unspecified atom stereocenters. The Kier molecular flexibility index (Phi) is 6.84. The van der Waals surface area contributed by atoms with Gasteiger partial charge in [-0.05, 0) is 19.4 Å². The third kappa shape index (κ3) is 5.81. The summed E-state index contributed by atoms with van der Waals surface area (Å²) in [5, 5.41) is 2.84. The Morgan fingerprint density at radius 1 is 1.53 bits per heavy atom. The van der Waals surface area contributed by atoms with Crippen molar-refractivity contribution in [2.45, 2.75) is 18.9 Å². The molecule has 0 aromatic heterocycles. The third-order valence-corrected chi connectivity index (χ3v) is 2.81. The van der Waals surface area contributed by atoms with E-state index in [2.05, 4.69) is 16.8 Å². The van der Waals surface area contributed by atoms with Crippen LogP contribution >= 0.6 is 0 Å². The summed E-state index contributed by atoms with van der Waals surface area (Å²) in [5.74, 6) is -0.0909. The van der Waals surface area contributed by atoms with Crippen molar-refractivity contribution in [3.8, 4) is 0 Å². The lowest BCUT2D eigenvalue weighted by atomic mass is 10.2. The van der Waals surface area contributed by atoms with Crippen LogP contribution in [0.2, 0.25) is 0 Å². The highest BCUT2D eigenvalue weighted by atomic mass is 16.5. The second kappa shape index (κ2) is 8.22. The number of hydrogen-bond donors (Lipinski definition) is 2. The number of rotatable bonds is 7. The summed E-state index contributed by atoms with van der Waals surface area (Å²) in [5.41, 5.74) is 5.64. The molecule has 0 bridgehead atoms. The van der Waals surface area contributed by atoms with Gasteiger partial charge in [-0.15, -0.1) is 6.58 Å². The van der Waals surface area contributed by atoms with Crippen LogP contribution in [0.3, 0.4) is 0 Å². The molecule has 3 N–H and O–H groups in total. The number of carbonyl (C=O) groups is 1. The summed E-state index contributed by atoms with van der Waals surface area (Å²) in [6, 6.07) is -0.462. The summed E-state index contributed by atoms with van der Waals surface area (Å²) < 4.78 is 5.27. The van der Waals surface area contributed by atoms with Gasteiger partial charge in [0.2, 0.25) is 5.91 Å². The van der Waals surface area contributed by atoms with Crippen LogP contribution < -0.4 is 11.1 Å². The van der Waals surface area contributed by atoms with Crippen LogP contribution in [0.5, 0.6) is 0 Å². The molecule has 1 atom stereocenters. The van der Waals surface area contributed by atoms with E-state index in [1.807, 2.05) is 0 Å². The number of nitrogens with one attached hydrogen (secondary N) is 1. The standard InChI is InChI=1S/C12H23N3O2/c1-2-4-11(13)12(16)14-5-3-6-15-7-9-17-10-8-15/h2,11H,1,3-10,13H2,(H,14,16). The van der Waals surface area contributed by atoms with Gasteiger partial charge in [0.15, 0.2) is 0 Å². The number of nitrogens with zero attached hydrogens (tertiary/aromatic N) is 1. The maximum atomic E-state index is 11.5. The quantitative estimate of drug-likeness (QED) is 0.475. The molecule has 5 nitrogen and oxygen atoms in total. The zero-order valence-electron chi connectivity index (χ0n) is 10.4. The van der Waals surface area contributed by atoms with Crippen molar-refractivity contribution in [2.24, 2.45) is 5.73 Å². The number of morpholine rings is 1.